The Balaban J connectivity index is 1.80. The minimum atomic E-state index is 0.313. The van der Waals surface area contributed by atoms with Gasteiger partial charge in [0, 0.05) is 6.54 Å². The Morgan fingerprint density at radius 3 is 2.95 bits per heavy atom. The van der Waals surface area contributed by atoms with Crippen LogP contribution in [-0.2, 0) is 0 Å². The summed E-state index contributed by atoms with van der Waals surface area (Å²) in [5, 5.41) is 11.7. The van der Waals surface area contributed by atoms with E-state index < -0.39 is 0 Å². The third kappa shape index (κ3) is 2.40. The summed E-state index contributed by atoms with van der Waals surface area (Å²) in [6.07, 6.45) is 3.87. The SMILES string of the molecule is Cc1noc2ncnc(NCC3(C)CCNCC3)c12. The summed E-state index contributed by atoms with van der Waals surface area (Å²) in [4.78, 5) is 8.40. The molecule has 102 valence electrons. The molecular formula is C13H19N5O. The molecule has 0 saturated carbocycles. The molecule has 2 aromatic heterocycles. The predicted molar refractivity (Wildman–Crippen MR) is 73.0 cm³/mol. The van der Waals surface area contributed by atoms with Crippen molar-refractivity contribution in [2.75, 3.05) is 25.0 Å². The molecule has 1 aliphatic rings. The van der Waals surface area contributed by atoms with Gasteiger partial charge in [-0.1, -0.05) is 12.1 Å². The highest BCUT2D eigenvalue weighted by atomic mass is 16.5. The van der Waals surface area contributed by atoms with Crippen molar-refractivity contribution in [3.05, 3.63) is 12.0 Å². The van der Waals surface area contributed by atoms with Crippen molar-refractivity contribution in [1.82, 2.24) is 20.4 Å². The van der Waals surface area contributed by atoms with E-state index in [1.54, 1.807) is 0 Å². The Morgan fingerprint density at radius 1 is 1.37 bits per heavy atom. The van der Waals surface area contributed by atoms with E-state index in [1.165, 1.54) is 19.2 Å². The van der Waals surface area contributed by atoms with Crippen LogP contribution in [0.5, 0.6) is 0 Å². The van der Waals surface area contributed by atoms with Gasteiger partial charge in [-0.2, -0.15) is 4.98 Å². The van der Waals surface area contributed by atoms with Gasteiger partial charge in [-0.15, -0.1) is 0 Å². The average Bonchev–Trinajstić information content (AvgIpc) is 2.80. The third-order valence-corrected chi connectivity index (χ3v) is 3.94. The van der Waals surface area contributed by atoms with Gasteiger partial charge in [0.05, 0.1) is 5.69 Å². The van der Waals surface area contributed by atoms with Gasteiger partial charge in [0.2, 0.25) is 0 Å². The maximum atomic E-state index is 5.16. The quantitative estimate of drug-likeness (QED) is 0.876. The molecule has 1 saturated heterocycles. The molecule has 0 spiro atoms. The zero-order valence-electron chi connectivity index (χ0n) is 11.4. The molecule has 3 rings (SSSR count). The summed E-state index contributed by atoms with van der Waals surface area (Å²) in [7, 11) is 0. The molecule has 0 bridgehead atoms. The van der Waals surface area contributed by atoms with Crippen LogP contribution < -0.4 is 10.6 Å². The number of anilines is 1. The summed E-state index contributed by atoms with van der Waals surface area (Å²) in [6.45, 7) is 7.31. The molecular weight excluding hydrogens is 242 g/mol. The molecule has 6 heteroatoms. The van der Waals surface area contributed by atoms with Crippen molar-refractivity contribution < 1.29 is 4.52 Å². The summed E-state index contributed by atoms with van der Waals surface area (Å²) < 4.78 is 5.16. The average molecular weight is 261 g/mol. The maximum Gasteiger partial charge on any atom is 0.263 e. The molecule has 3 heterocycles. The van der Waals surface area contributed by atoms with Crippen molar-refractivity contribution in [3.63, 3.8) is 0 Å². The van der Waals surface area contributed by atoms with Crippen LogP contribution in [0.4, 0.5) is 5.82 Å². The summed E-state index contributed by atoms with van der Waals surface area (Å²) in [6, 6.07) is 0. The van der Waals surface area contributed by atoms with Crippen LogP contribution in [-0.4, -0.2) is 34.8 Å². The van der Waals surface area contributed by atoms with Crippen molar-refractivity contribution in [1.29, 1.82) is 0 Å². The fraction of sp³-hybridized carbons (Fsp3) is 0.615. The first-order chi connectivity index (χ1) is 9.18. The highest BCUT2D eigenvalue weighted by molar-refractivity contribution is 5.87. The summed E-state index contributed by atoms with van der Waals surface area (Å²) in [5.41, 5.74) is 1.69. The molecule has 0 aromatic carbocycles. The fourth-order valence-corrected chi connectivity index (χ4v) is 2.56. The van der Waals surface area contributed by atoms with Crippen molar-refractivity contribution in [2.24, 2.45) is 5.41 Å². The minimum absolute atomic E-state index is 0.313. The smallest absolute Gasteiger partial charge is 0.263 e. The van der Waals surface area contributed by atoms with Crippen LogP contribution in [0.2, 0.25) is 0 Å². The molecule has 0 radical (unpaired) electrons. The first-order valence-electron chi connectivity index (χ1n) is 6.70. The van der Waals surface area contributed by atoms with E-state index in [2.05, 4.69) is 32.7 Å². The lowest BCUT2D eigenvalue weighted by molar-refractivity contribution is 0.247. The lowest BCUT2D eigenvalue weighted by Gasteiger charge is -2.34. The number of aryl methyl sites for hydroxylation is 1. The molecule has 0 amide bonds. The normalized spacial score (nSPS) is 18.6. The van der Waals surface area contributed by atoms with Crippen LogP contribution in [0.25, 0.3) is 11.1 Å². The number of nitrogens with one attached hydrogen (secondary N) is 2. The Labute approximate surface area is 112 Å². The van der Waals surface area contributed by atoms with Crippen molar-refractivity contribution in [3.8, 4) is 0 Å². The van der Waals surface area contributed by atoms with Crippen LogP contribution >= 0.6 is 0 Å². The summed E-state index contributed by atoms with van der Waals surface area (Å²) >= 11 is 0. The highest BCUT2D eigenvalue weighted by Gasteiger charge is 2.27. The van der Waals surface area contributed by atoms with Crippen LogP contribution in [0.1, 0.15) is 25.5 Å². The number of hydrogen-bond donors (Lipinski definition) is 2. The Kier molecular flexibility index (Phi) is 3.10. The van der Waals surface area contributed by atoms with Crippen LogP contribution in [0.3, 0.4) is 0 Å². The van der Waals surface area contributed by atoms with Gasteiger partial charge in [0.25, 0.3) is 5.71 Å². The zero-order valence-corrected chi connectivity index (χ0v) is 11.4. The topological polar surface area (TPSA) is 75.9 Å². The number of nitrogens with zero attached hydrogens (tertiary/aromatic N) is 3. The predicted octanol–water partition coefficient (Wildman–Crippen LogP) is 1.73. The number of aromatic nitrogens is 3. The van der Waals surface area contributed by atoms with E-state index in [-0.39, 0.29) is 0 Å². The van der Waals surface area contributed by atoms with Crippen LogP contribution in [0.15, 0.2) is 10.9 Å². The first-order valence-corrected chi connectivity index (χ1v) is 6.70. The molecule has 19 heavy (non-hydrogen) atoms. The minimum Gasteiger partial charge on any atom is -0.369 e. The van der Waals surface area contributed by atoms with Gasteiger partial charge in [-0.3, -0.25) is 0 Å². The molecule has 2 aromatic rings. The first kappa shape index (κ1) is 12.3. The van der Waals surface area contributed by atoms with E-state index in [4.69, 9.17) is 4.52 Å². The molecule has 2 N–H and O–H groups in total. The van der Waals surface area contributed by atoms with E-state index >= 15 is 0 Å². The van der Waals surface area contributed by atoms with Crippen molar-refractivity contribution in [2.45, 2.75) is 26.7 Å². The fourth-order valence-electron chi connectivity index (χ4n) is 2.56. The van der Waals surface area contributed by atoms with Gasteiger partial charge in [-0.05, 0) is 38.3 Å². The standard InChI is InChI=1S/C13H19N5O/c1-9-10-11(16-8-17-12(10)19-18-9)15-7-13(2)3-5-14-6-4-13/h8,14H,3-7H2,1-2H3,(H,15,16,17). The van der Waals surface area contributed by atoms with E-state index in [0.29, 0.717) is 11.1 Å². The van der Waals surface area contributed by atoms with Crippen LogP contribution in [0, 0.1) is 12.3 Å². The van der Waals surface area contributed by atoms with E-state index in [9.17, 15) is 0 Å². The second-order valence-electron chi connectivity index (χ2n) is 5.58. The molecule has 1 aliphatic heterocycles. The number of piperidine rings is 1. The number of hydrogen-bond acceptors (Lipinski definition) is 6. The molecule has 0 atom stereocenters. The van der Waals surface area contributed by atoms with Gasteiger partial charge >= 0.3 is 0 Å². The van der Waals surface area contributed by atoms with E-state index in [1.807, 2.05) is 6.92 Å². The second-order valence-corrected chi connectivity index (χ2v) is 5.58. The largest absolute Gasteiger partial charge is 0.369 e. The lowest BCUT2D eigenvalue weighted by atomic mass is 9.81. The van der Waals surface area contributed by atoms with E-state index in [0.717, 1.165) is 36.5 Å². The molecule has 0 unspecified atom stereocenters. The van der Waals surface area contributed by atoms with Gasteiger partial charge in [0.15, 0.2) is 0 Å². The maximum absolute atomic E-state index is 5.16. The zero-order chi connectivity index (χ0) is 13.3. The monoisotopic (exact) mass is 261 g/mol. The highest BCUT2D eigenvalue weighted by Crippen LogP contribution is 2.29. The lowest BCUT2D eigenvalue weighted by Crippen LogP contribution is -2.39. The van der Waals surface area contributed by atoms with Crippen molar-refractivity contribution >= 4 is 16.9 Å². The van der Waals surface area contributed by atoms with Gasteiger partial charge < -0.3 is 15.2 Å². The van der Waals surface area contributed by atoms with Gasteiger partial charge in [-0.25, -0.2) is 4.98 Å². The molecule has 1 fully saturated rings. The second kappa shape index (κ2) is 4.77. The molecule has 0 aliphatic carbocycles. The van der Waals surface area contributed by atoms with Gasteiger partial charge in [0.1, 0.15) is 17.5 Å². The Bertz CT molecular complexity index is 573. The Morgan fingerprint density at radius 2 is 2.16 bits per heavy atom. The Hall–Kier alpha value is -1.69. The molecule has 6 nitrogen and oxygen atoms in total. The third-order valence-electron chi connectivity index (χ3n) is 3.94. The number of fused-ring (bicyclic) bond motifs is 1. The number of rotatable bonds is 3. The summed E-state index contributed by atoms with van der Waals surface area (Å²) in [5.74, 6) is 0.823.